The van der Waals surface area contributed by atoms with Gasteiger partial charge in [0, 0.05) is 24.2 Å². The van der Waals surface area contributed by atoms with E-state index in [0.29, 0.717) is 24.3 Å². The van der Waals surface area contributed by atoms with E-state index in [-0.39, 0.29) is 35.4 Å². The van der Waals surface area contributed by atoms with Gasteiger partial charge < -0.3 is 31.9 Å². The molecule has 10 heteroatoms. The van der Waals surface area contributed by atoms with Crippen LogP contribution in [0.2, 0.25) is 0 Å². The molecule has 170 valence electrons. The van der Waals surface area contributed by atoms with E-state index in [2.05, 4.69) is 23.3 Å². The molecule has 9 nitrogen and oxygen atoms in total. The molecule has 0 bridgehead atoms. The number of hydrogen-bond donors (Lipinski definition) is 6. The highest BCUT2D eigenvalue weighted by molar-refractivity contribution is 7.80. The van der Waals surface area contributed by atoms with Crippen LogP contribution < -0.4 is 26.8 Å². The number of thiol groups is 1. The van der Waals surface area contributed by atoms with Gasteiger partial charge >= 0.3 is 0 Å². The largest absolute Gasteiger partial charge is 0.508 e. The van der Waals surface area contributed by atoms with E-state index in [9.17, 15) is 19.5 Å². The van der Waals surface area contributed by atoms with E-state index in [0.717, 1.165) is 5.56 Å². The molecule has 2 aromatic rings. The van der Waals surface area contributed by atoms with Gasteiger partial charge in [-0.25, -0.2) is 0 Å². The van der Waals surface area contributed by atoms with Crippen LogP contribution in [0.1, 0.15) is 33.9 Å². The second-order valence-corrected chi connectivity index (χ2v) is 7.88. The molecule has 0 aliphatic carbocycles. The Morgan fingerprint density at radius 2 is 1.91 bits per heavy atom. The van der Waals surface area contributed by atoms with Crippen molar-refractivity contribution in [2.75, 3.05) is 12.4 Å². The molecule has 3 amide bonds. The lowest BCUT2D eigenvalue weighted by Gasteiger charge is -2.29. The average molecular weight is 459 g/mol. The fourth-order valence-corrected chi connectivity index (χ4v) is 3.61. The summed E-state index contributed by atoms with van der Waals surface area (Å²) in [4.78, 5) is 37.2. The molecule has 1 aliphatic heterocycles. The molecule has 0 saturated heterocycles. The lowest BCUT2D eigenvalue weighted by atomic mass is 9.96. The van der Waals surface area contributed by atoms with Crippen LogP contribution in [0.25, 0.3) is 0 Å². The standard InChI is InChI=1S/C22H26N4O5S/c23-16(11-32)22(30)25-17-8-9-31-19-14(17)2-1-3-15(19)21(29)26-18(20(24)28)10-12-4-6-13(27)7-5-12/h1-7,16-18,27,32H,8-11,23H2,(H2,24,28)(H,25,30)(H,26,29). The van der Waals surface area contributed by atoms with Gasteiger partial charge in [-0.2, -0.15) is 12.6 Å². The van der Waals surface area contributed by atoms with E-state index < -0.39 is 23.9 Å². The Bertz CT molecular complexity index is 998. The number of nitrogens with one attached hydrogen (secondary N) is 2. The van der Waals surface area contributed by atoms with Gasteiger partial charge in [0.05, 0.1) is 24.3 Å². The number of rotatable bonds is 8. The van der Waals surface area contributed by atoms with Crippen molar-refractivity contribution in [2.24, 2.45) is 11.5 Å². The first kappa shape index (κ1) is 23.4. The Hall–Kier alpha value is -3.24. The topological polar surface area (TPSA) is 157 Å². The number of aromatic hydroxyl groups is 1. The summed E-state index contributed by atoms with van der Waals surface area (Å²) in [5.74, 6) is -0.908. The molecule has 3 unspecified atom stereocenters. The van der Waals surface area contributed by atoms with Gasteiger partial charge in [-0.1, -0.05) is 24.3 Å². The third-order valence-electron chi connectivity index (χ3n) is 5.19. The van der Waals surface area contributed by atoms with Crippen molar-refractivity contribution in [2.45, 2.75) is 31.0 Å². The first-order valence-corrected chi connectivity index (χ1v) is 10.7. The number of ether oxygens (including phenoxy) is 1. The summed E-state index contributed by atoms with van der Waals surface area (Å²) in [5.41, 5.74) is 12.8. The highest BCUT2D eigenvalue weighted by Crippen LogP contribution is 2.35. The minimum Gasteiger partial charge on any atom is -0.508 e. The normalized spacial score (nSPS) is 16.8. The van der Waals surface area contributed by atoms with E-state index in [1.54, 1.807) is 30.3 Å². The Morgan fingerprint density at radius 3 is 2.56 bits per heavy atom. The van der Waals surface area contributed by atoms with Crippen LogP contribution in [0.3, 0.4) is 0 Å². The van der Waals surface area contributed by atoms with Crippen molar-refractivity contribution in [3.8, 4) is 11.5 Å². The lowest BCUT2D eigenvalue weighted by Crippen LogP contribution is -2.46. The SMILES string of the molecule is NC(=O)C(Cc1ccc(O)cc1)NC(=O)c1cccc2c1OCCC2NC(=O)C(N)CS. The number of carbonyl (C=O) groups excluding carboxylic acids is 3. The van der Waals surface area contributed by atoms with Crippen molar-refractivity contribution in [3.05, 3.63) is 59.2 Å². The smallest absolute Gasteiger partial charge is 0.255 e. The minimum atomic E-state index is -0.963. The molecule has 2 aromatic carbocycles. The number of benzene rings is 2. The zero-order chi connectivity index (χ0) is 23.3. The molecule has 0 aromatic heterocycles. The van der Waals surface area contributed by atoms with Crippen molar-refractivity contribution in [1.29, 1.82) is 0 Å². The zero-order valence-corrected chi connectivity index (χ0v) is 18.2. The summed E-state index contributed by atoms with van der Waals surface area (Å²) in [6.45, 7) is 0.297. The molecule has 1 aliphatic rings. The third kappa shape index (κ3) is 5.51. The number of fused-ring (bicyclic) bond motifs is 1. The Labute approximate surface area is 190 Å². The van der Waals surface area contributed by atoms with Gasteiger partial charge in [-0.15, -0.1) is 0 Å². The molecule has 3 rings (SSSR count). The van der Waals surface area contributed by atoms with E-state index in [4.69, 9.17) is 16.2 Å². The number of hydrogen-bond acceptors (Lipinski definition) is 7. The first-order chi connectivity index (χ1) is 15.3. The van der Waals surface area contributed by atoms with Crippen LogP contribution in [0.15, 0.2) is 42.5 Å². The number of phenolic OH excluding ortho intramolecular Hbond substituents is 1. The fraction of sp³-hybridized carbons (Fsp3) is 0.318. The maximum absolute atomic E-state index is 13.0. The second kappa shape index (κ2) is 10.4. The van der Waals surface area contributed by atoms with Gasteiger partial charge in [-0.3, -0.25) is 14.4 Å². The van der Waals surface area contributed by atoms with E-state index >= 15 is 0 Å². The summed E-state index contributed by atoms with van der Waals surface area (Å²) in [6.07, 6.45) is 0.686. The Kier molecular flexibility index (Phi) is 7.60. The predicted molar refractivity (Wildman–Crippen MR) is 122 cm³/mol. The predicted octanol–water partition coefficient (Wildman–Crippen LogP) is 0.415. The maximum atomic E-state index is 13.0. The molecule has 32 heavy (non-hydrogen) atoms. The second-order valence-electron chi connectivity index (χ2n) is 7.51. The highest BCUT2D eigenvalue weighted by atomic mass is 32.1. The van der Waals surface area contributed by atoms with Crippen LogP contribution in [-0.4, -0.2) is 47.3 Å². The van der Waals surface area contributed by atoms with Gasteiger partial charge in [0.25, 0.3) is 5.91 Å². The lowest BCUT2D eigenvalue weighted by molar-refractivity contribution is -0.123. The Balaban J connectivity index is 1.79. The van der Waals surface area contributed by atoms with Crippen molar-refractivity contribution in [3.63, 3.8) is 0 Å². The molecule has 0 spiro atoms. The molecule has 0 radical (unpaired) electrons. The number of nitrogens with two attached hydrogens (primary N) is 2. The van der Waals surface area contributed by atoms with Gasteiger partial charge in [0.2, 0.25) is 11.8 Å². The van der Waals surface area contributed by atoms with Crippen LogP contribution in [-0.2, 0) is 16.0 Å². The van der Waals surface area contributed by atoms with Crippen molar-refractivity contribution < 1.29 is 24.2 Å². The summed E-state index contributed by atoms with van der Waals surface area (Å²) in [6, 6.07) is 9.23. The van der Waals surface area contributed by atoms with Gasteiger partial charge in [0.15, 0.2) is 0 Å². The van der Waals surface area contributed by atoms with Crippen LogP contribution in [0.4, 0.5) is 0 Å². The first-order valence-electron chi connectivity index (χ1n) is 10.1. The number of para-hydroxylation sites is 1. The zero-order valence-electron chi connectivity index (χ0n) is 17.3. The summed E-state index contributed by atoms with van der Waals surface area (Å²) in [7, 11) is 0. The van der Waals surface area contributed by atoms with Gasteiger partial charge in [-0.05, 0) is 23.8 Å². The van der Waals surface area contributed by atoms with Crippen molar-refractivity contribution in [1.82, 2.24) is 10.6 Å². The third-order valence-corrected chi connectivity index (χ3v) is 5.59. The maximum Gasteiger partial charge on any atom is 0.255 e. The molecule has 0 saturated carbocycles. The summed E-state index contributed by atoms with van der Waals surface area (Å²) >= 11 is 4.05. The summed E-state index contributed by atoms with van der Waals surface area (Å²) < 4.78 is 5.75. The van der Waals surface area contributed by atoms with Crippen LogP contribution >= 0.6 is 12.6 Å². The summed E-state index contributed by atoms with van der Waals surface area (Å²) in [5, 5.41) is 14.9. The van der Waals surface area contributed by atoms with Crippen LogP contribution in [0, 0.1) is 0 Å². The molecule has 3 atom stereocenters. The molecule has 1 heterocycles. The minimum absolute atomic E-state index is 0.0958. The number of amides is 3. The highest BCUT2D eigenvalue weighted by Gasteiger charge is 2.29. The molecule has 0 fully saturated rings. The number of phenols is 1. The van der Waals surface area contributed by atoms with Gasteiger partial charge in [0.1, 0.15) is 17.5 Å². The fourth-order valence-electron chi connectivity index (χ4n) is 3.44. The van der Waals surface area contributed by atoms with Crippen molar-refractivity contribution >= 4 is 30.4 Å². The number of primary amides is 1. The molecular weight excluding hydrogens is 432 g/mol. The van der Waals surface area contributed by atoms with E-state index in [1.807, 2.05) is 0 Å². The van der Waals surface area contributed by atoms with Crippen LogP contribution in [0.5, 0.6) is 11.5 Å². The number of carbonyl (C=O) groups is 3. The molecular formula is C22H26N4O5S. The Morgan fingerprint density at radius 1 is 1.19 bits per heavy atom. The average Bonchev–Trinajstić information content (AvgIpc) is 2.79. The monoisotopic (exact) mass is 458 g/mol. The molecule has 7 N–H and O–H groups in total. The quantitative estimate of drug-likeness (QED) is 0.315. The van der Waals surface area contributed by atoms with E-state index in [1.165, 1.54) is 12.1 Å².